The Morgan fingerprint density at radius 2 is 2.24 bits per heavy atom. The number of ether oxygens (including phenoxy) is 1. The van der Waals surface area contributed by atoms with Gasteiger partial charge >= 0.3 is 0 Å². The zero-order chi connectivity index (χ0) is 12.3. The SMILES string of the molecule is NC1(C(=O)Nc2ccncc2Br)CCOCC1. The Labute approximate surface area is 108 Å². The number of nitrogens with zero attached hydrogens (tertiary/aromatic N) is 1. The summed E-state index contributed by atoms with van der Waals surface area (Å²) in [7, 11) is 0. The van der Waals surface area contributed by atoms with E-state index < -0.39 is 5.54 Å². The first-order valence-corrected chi connectivity index (χ1v) is 6.19. The van der Waals surface area contributed by atoms with Crippen LogP contribution in [-0.2, 0) is 9.53 Å². The molecule has 1 saturated heterocycles. The molecule has 0 atom stereocenters. The molecule has 0 saturated carbocycles. The molecule has 0 radical (unpaired) electrons. The van der Waals surface area contributed by atoms with Crippen molar-refractivity contribution in [2.24, 2.45) is 5.73 Å². The van der Waals surface area contributed by atoms with Gasteiger partial charge in [0.15, 0.2) is 0 Å². The van der Waals surface area contributed by atoms with Gasteiger partial charge in [-0.15, -0.1) is 0 Å². The van der Waals surface area contributed by atoms with Gasteiger partial charge in [0.2, 0.25) is 5.91 Å². The number of carbonyl (C=O) groups is 1. The molecule has 6 heteroatoms. The number of aromatic nitrogens is 1. The van der Waals surface area contributed by atoms with Gasteiger partial charge < -0.3 is 15.8 Å². The quantitative estimate of drug-likeness (QED) is 0.863. The average Bonchev–Trinajstić information content (AvgIpc) is 2.33. The number of carbonyl (C=O) groups excluding carboxylic acids is 1. The third kappa shape index (κ3) is 2.83. The van der Waals surface area contributed by atoms with Gasteiger partial charge in [0.1, 0.15) is 5.54 Å². The number of halogens is 1. The molecule has 2 heterocycles. The summed E-state index contributed by atoms with van der Waals surface area (Å²) in [5.74, 6) is -0.173. The maximum Gasteiger partial charge on any atom is 0.244 e. The molecule has 92 valence electrons. The van der Waals surface area contributed by atoms with Crippen LogP contribution in [0.4, 0.5) is 5.69 Å². The Balaban J connectivity index is 2.08. The molecule has 0 spiro atoms. The molecule has 1 amide bonds. The lowest BCUT2D eigenvalue weighted by Gasteiger charge is -2.31. The fraction of sp³-hybridized carbons (Fsp3) is 0.455. The summed E-state index contributed by atoms with van der Waals surface area (Å²) in [6.07, 6.45) is 4.33. The van der Waals surface area contributed by atoms with E-state index in [0.717, 1.165) is 4.47 Å². The minimum atomic E-state index is -0.832. The van der Waals surface area contributed by atoms with E-state index in [1.54, 1.807) is 18.5 Å². The van der Waals surface area contributed by atoms with Crippen molar-refractivity contribution in [1.29, 1.82) is 0 Å². The van der Waals surface area contributed by atoms with Crippen molar-refractivity contribution in [3.8, 4) is 0 Å². The number of anilines is 1. The molecule has 2 rings (SSSR count). The molecule has 1 aliphatic rings. The molecule has 0 bridgehead atoms. The van der Waals surface area contributed by atoms with E-state index in [1.165, 1.54) is 0 Å². The van der Waals surface area contributed by atoms with Gasteiger partial charge in [-0.1, -0.05) is 0 Å². The van der Waals surface area contributed by atoms with Gasteiger partial charge in [0.05, 0.1) is 10.2 Å². The smallest absolute Gasteiger partial charge is 0.244 e. The van der Waals surface area contributed by atoms with Crippen molar-refractivity contribution >= 4 is 27.5 Å². The molecule has 1 aliphatic heterocycles. The fourth-order valence-electron chi connectivity index (χ4n) is 1.69. The first kappa shape index (κ1) is 12.5. The summed E-state index contributed by atoms with van der Waals surface area (Å²) in [5, 5.41) is 2.81. The zero-order valence-electron chi connectivity index (χ0n) is 9.28. The normalized spacial score (nSPS) is 18.7. The second-order valence-electron chi connectivity index (χ2n) is 4.08. The average molecular weight is 300 g/mol. The topological polar surface area (TPSA) is 77.2 Å². The lowest BCUT2D eigenvalue weighted by Crippen LogP contribution is -2.54. The van der Waals surface area contributed by atoms with Crippen LogP contribution in [0.3, 0.4) is 0 Å². The number of rotatable bonds is 2. The number of amides is 1. The summed E-state index contributed by atoms with van der Waals surface area (Å²) in [4.78, 5) is 16.0. The standard InChI is InChI=1S/C11H14BrN3O2/c12-8-7-14-4-1-9(8)15-10(16)11(13)2-5-17-6-3-11/h1,4,7H,2-3,5-6,13H2,(H,14,15,16). The third-order valence-corrected chi connectivity index (χ3v) is 3.49. The molecule has 0 unspecified atom stereocenters. The highest BCUT2D eigenvalue weighted by molar-refractivity contribution is 9.10. The van der Waals surface area contributed by atoms with Crippen LogP contribution in [0.25, 0.3) is 0 Å². The molecule has 17 heavy (non-hydrogen) atoms. The van der Waals surface area contributed by atoms with Crippen molar-refractivity contribution in [3.05, 3.63) is 22.9 Å². The molecule has 1 aromatic rings. The van der Waals surface area contributed by atoms with Gasteiger partial charge in [-0.05, 0) is 34.8 Å². The van der Waals surface area contributed by atoms with Crippen LogP contribution in [0, 0.1) is 0 Å². The highest BCUT2D eigenvalue weighted by Crippen LogP contribution is 2.24. The third-order valence-electron chi connectivity index (χ3n) is 2.86. The summed E-state index contributed by atoms with van der Waals surface area (Å²) in [5.41, 5.74) is 5.93. The van der Waals surface area contributed by atoms with Crippen molar-refractivity contribution in [2.45, 2.75) is 18.4 Å². The molecule has 1 aromatic heterocycles. The summed E-state index contributed by atoms with van der Waals surface area (Å²) in [6.45, 7) is 1.06. The van der Waals surface area contributed by atoms with E-state index in [4.69, 9.17) is 10.5 Å². The Morgan fingerprint density at radius 3 is 2.88 bits per heavy atom. The molecule has 0 aromatic carbocycles. The minimum absolute atomic E-state index is 0.173. The van der Waals surface area contributed by atoms with Crippen LogP contribution in [0.5, 0.6) is 0 Å². The van der Waals surface area contributed by atoms with Gasteiger partial charge in [-0.2, -0.15) is 0 Å². The predicted molar refractivity (Wildman–Crippen MR) is 67.5 cm³/mol. The Morgan fingerprint density at radius 1 is 1.53 bits per heavy atom. The van der Waals surface area contributed by atoms with Crippen molar-refractivity contribution in [1.82, 2.24) is 4.98 Å². The fourth-order valence-corrected chi connectivity index (χ4v) is 2.04. The molecule has 0 aliphatic carbocycles. The van der Waals surface area contributed by atoms with Crippen LogP contribution in [0.2, 0.25) is 0 Å². The number of nitrogens with one attached hydrogen (secondary N) is 1. The van der Waals surface area contributed by atoms with E-state index in [0.29, 0.717) is 31.7 Å². The zero-order valence-corrected chi connectivity index (χ0v) is 10.9. The number of nitrogens with two attached hydrogens (primary N) is 1. The second kappa shape index (κ2) is 5.12. The first-order valence-electron chi connectivity index (χ1n) is 5.39. The van der Waals surface area contributed by atoms with Gasteiger partial charge in [-0.25, -0.2) is 0 Å². The second-order valence-corrected chi connectivity index (χ2v) is 4.93. The number of pyridine rings is 1. The summed E-state index contributed by atoms with van der Waals surface area (Å²) in [6, 6.07) is 1.73. The van der Waals surface area contributed by atoms with Crippen molar-refractivity contribution in [2.75, 3.05) is 18.5 Å². The van der Waals surface area contributed by atoms with E-state index >= 15 is 0 Å². The van der Waals surface area contributed by atoms with Crippen LogP contribution in [0.15, 0.2) is 22.9 Å². The lowest BCUT2D eigenvalue weighted by atomic mass is 9.90. The summed E-state index contributed by atoms with van der Waals surface area (Å²) >= 11 is 3.32. The lowest BCUT2D eigenvalue weighted by molar-refractivity contribution is -0.124. The van der Waals surface area contributed by atoms with Crippen molar-refractivity contribution < 1.29 is 9.53 Å². The first-order chi connectivity index (χ1) is 8.12. The predicted octanol–water partition coefficient (Wildman–Crippen LogP) is 1.29. The summed E-state index contributed by atoms with van der Waals surface area (Å²) < 4.78 is 5.95. The Hall–Kier alpha value is -0.980. The van der Waals surface area contributed by atoms with E-state index in [9.17, 15) is 4.79 Å². The van der Waals surface area contributed by atoms with Crippen LogP contribution >= 0.6 is 15.9 Å². The molecular formula is C11H14BrN3O2. The van der Waals surface area contributed by atoms with Gasteiger partial charge in [0, 0.05) is 25.6 Å². The van der Waals surface area contributed by atoms with Crippen LogP contribution in [-0.4, -0.2) is 29.6 Å². The number of hydrogen-bond donors (Lipinski definition) is 2. The van der Waals surface area contributed by atoms with Crippen LogP contribution in [0.1, 0.15) is 12.8 Å². The van der Waals surface area contributed by atoms with Crippen LogP contribution < -0.4 is 11.1 Å². The Kier molecular flexibility index (Phi) is 3.76. The molecule has 5 nitrogen and oxygen atoms in total. The number of hydrogen-bond acceptors (Lipinski definition) is 4. The minimum Gasteiger partial charge on any atom is -0.381 e. The highest BCUT2D eigenvalue weighted by Gasteiger charge is 2.36. The van der Waals surface area contributed by atoms with Gasteiger partial charge in [0.25, 0.3) is 0 Å². The van der Waals surface area contributed by atoms with E-state index in [-0.39, 0.29) is 5.91 Å². The van der Waals surface area contributed by atoms with Gasteiger partial charge in [-0.3, -0.25) is 9.78 Å². The highest BCUT2D eigenvalue weighted by atomic mass is 79.9. The largest absolute Gasteiger partial charge is 0.381 e. The Bertz CT molecular complexity index is 419. The monoisotopic (exact) mass is 299 g/mol. The van der Waals surface area contributed by atoms with E-state index in [2.05, 4.69) is 26.2 Å². The molecule has 3 N–H and O–H groups in total. The van der Waals surface area contributed by atoms with E-state index in [1.807, 2.05) is 0 Å². The maximum absolute atomic E-state index is 12.1. The van der Waals surface area contributed by atoms with Crippen molar-refractivity contribution in [3.63, 3.8) is 0 Å². The molecule has 1 fully saturated rings. The molecular weight excluding hydrogens is 286 g/mol. The maximum atomic E-state index is 12.1.